The van der Waals surface area contributed by atoms with E-state index in [0.29, 0.717) is 28.1 Å². The number of carbonyl (C=O) groups is 2. The molecule has 154 valence electrons. The Hall–Kier alpha value is -4.39. The molecule has 0 aliphatic rings. The maximum Gasteiger partial charge on any atom is 0.273 e. The number of aromatic nitrogens is 2. The summed E-state index contributed by atoms with van der Waals surface area (Å²) in [5.41, 5.74) is 7.56. The van der Waals surface area contributed by atoms with Crippen LogP contribution in [0, 0.1) is 0 Å². The highest BCUT2D eigenvalue weighted by Crippen LogP contribution is 2.31. The maximum atomic E-state index is 13.0. The lowest BCUT2D eigenvalue weighted by Crippen LogP contribution is -2.41. The molecule has 0 aliphatic heterocycles. The summed E-state index contributed by atoms with van der Waals surface area (Å²) in [6, 6.07) is 25.4. The van der Waals surface area contributed by atoms with Gasteiger partial charge in [-0.05, 0) is 36.4 Å². The van der Waals surface area contributed by atoms with Crippen molar-refractivity contribution in [2.24, 2.45) is 0 Å². The van der Waals surface area contributed by atoms with Crippen molar-refractivity contribution in [3.05, 3.63) is 102 Å². The quantitative estimate of drug-likeness (QED) is 0.490. The van der Waals surface area contributed by atoms with Gasteiger partial charge in [-0.25, -0.2) is 4.68 Å². The highest BCUT2D eigenvalue weighted by molar-refractivity contribution is 6.02. The molecule has 0 aliphatic carbocycles. The number of hydrazine groups is 1. The monoisotopic (exact) mass is 412 g/mol. The van der Waals surface area contributed by atoms with Crippen molar-refractivity contribution in [3.63, 3.8) is 0 Å². The number of hydrogen-bond acceptors (Lipinski definition) is 4. The van der Waals surface area contributed by atoms with Crippen LogP contribution in [-0.2, 0) is 0 Å². The average molecular weight is 412 g/mol. The Labute approximate surface area is 179 Å². The Morgan fingerprint density at radius 2 is 1.42 bits per heavy atom. The lowest BCUT2D eigenvalue weighted by atomic mass is 10.1. The molecular formula is C24H20N4O3. The number of carbonyl (C=O) groups excluding carboxylic acids is 2. The second-order valence-electron chi connectivity index (χ2n) is 6.65. The molecule has 3 aromatic carbocycles. The van der Waals surface area contributed by atoms with E-state index in [1.807, 2.05) is 54.6 Å². The van der Waals surface area contributed by atoms with Gasteiger partial charge in [0.1, 0.15) is 11.4 Å². The number of nitrogens with zero attached hydrogens (tertiary/aromatic N) is 2. The van der Waals surface area contributed by atoms with Crippen molar-refractivity contribution in [1.82, 2.24) is 20.6 Å². The summed E-state index contributed by atoms with van der Waals surface area (Å²) in [5.74, 6) is -0.321. The van der Waals surface area contributed by atoms with Crippen LogP contribution >= 0.6 is 0 Å². The molecule has 2 N–H and O–H groups in total. The summed E-state index contributed by atoms with van der Waals surface area (Å²) in [6.07, 6.45) is 1.63. The lowest BCUT2D eigenvalue weighted by molar-refractivity contribution is 0.0847. The summed E-state index contributed by atoms with van der Waals surface area (Å²) >= 11 is 0. The van der Waals surface area contributed by atoms with Crippen LogP contribution in [-0.4, -0.2) is 28.7 Å². The summed E-state index contributed by atoms with van der Waals surface area (Å²) in [6.45, 7) is 0. The van der Waals surface area contributed by atoms with E-state index < -0.39 is 11.8 Å². The van der Waals surface area contributed by atoms with Crippen LogP contribution in [0.5, 0.6) is 5.75 Å². The summed E-state index contributed by atoms with van der Waals surface area (Å²) in [7, 11) is 1.56. The van der Waals surface area contributed by atoms with Gasteiger partial charge in [-0.2, -0.15) is 5.10 Å². The van der Waals surface area contributed by atoms with E-state index in [1.165, 1.54) is 0 Å². The normalized spacial score (nSPS) is 10.4. The topological polar surface area (TPSA) is 85.2 Å². The van der Waals surface area contributed by atoms with Crippen molar-refractivity contribution in [1.29, 1.82) is 0 Å². The van der Waals surface area contributed by atoms with E-state index >= 15 is 0 Å². The smallest absolute Gasteiger partial charge is 0.273 e. The first-order valence-electron chi connectivity index (χ1n) is 9.61. The zero-order valence-electron chi connectivity index (χ0n) is 16.8. The van der Waals surface area contributed by atoms with Crippen molar-refractivity contribution in [2.75, 3.05) is 7.11 Å². The minimum atomic E-state index is -0.493. The molecule has 0 radical (unpaired) electrons. The van der Waals surface area contributed by atoms with Crippen LogP contribution in [0.15, 0.2) is 91.1 Å². The Morgan fingerprint density at radius 1 is 0.806 bits per heavy atom. The number of benzene rings is 3. The van der Waals surface area contributed by atoms with Gasteiger partial charge in [0.05, 0.1) is 18.4 Å². The summed E-state index contributed by atoms with van der Waals surface area (Å²) in [5, 5.41) is 4.63. The Balaban J connectivity index is 1.67. The first-order valence-corrected chi connectivity index (χ1v) is 9.61. The van der Waals surface area contributed by atoms with Gasteiger partial charge < -0.3 is 4.74 Å². The van der Waals surface area contributed by atoms with Gasteiger partial charge in [0.2, 0.25) is 0 Å². The molecule has 2 amide bonds. The van der Waals surface area contributed by atoms with E-state index in [4.69, 9.17) is 4.74 Å². The van der Waals surface area contributed by atoms with Crippen LogP contribution < -0.4 is 15.6 Å². The lowest BCUT2D eigenvalue weighted by Gasteiger charge is -2.09. The molecule has 0 spiro atoms. The molecule has 0 saturated carbocycles. The van der Waals surface area contributed by atoms with E-state index in [1.54, 1.807) is 48.3 Å². The molecule has 0 saturated heterocycles. The molecule has 7 nitrogen and oxygen atoms in total. The molecule has 0 fully saturated rings. The minimum Gasteiger partial charge on any atom is -0.496 e. The number of ether oxygens (including phenoxy) is 1. The van der Waals surface area contributed by atoms with E-state index in [2.05, 4.69) is 16.0 Å². The fourth-order valence-corrected chi connectivity index (χ4v) is 3.13. The SMILES string of the molecule is COc1ccccc1-c1nn(-c2ccccc2)cc1C(=O)NNC(=O)c1ccccc1. The van der Waals surface area contributed by atoms with Crippen LogP contribution in [0.3, 0.4) is 0 Å². The van der Waals surface area contributed by atoms with Gasteiger partial charge in [-0.3, -0.25) is 20.4 Å². The Bertz CT molecular complexity index is 1200. The third-order valence-electron chi connectivity index (χ3n) is 4.67. The fraction of sp³-hybridized carbons (Fsp3) is 0.0417. The molecule has 0 bridgehead atoms. The first-order chi connectivity index (χ1) is 15.2. The Kier molecular flexibility index (Phi) is 5.75. The van der Waals surface area contributed by atoms with Crippen LogP contribution in [0.1, 0.15) is 20.7 Å². The van der Waals surface area contributed by atoms with Crippen molar-refractivity contribution in [3.8, 4) is 22.7 Å². The van der Waals surface area contributed by atoms with E-state index in [9.17, 15) is 9.59 Å². The van der Waals surface area contributed by atoms with Gasteiger partial charge in [0.25, 0.3) is 11.8 Å². The maximum absolute atomic E-state index is 13.0. The number of hydrogen-bond donors (Lipinski definition) is 2. The first kappa shape index (κ1) is 19.9. The molecule has 1 aromatic heterocycles. The fourth-order valence-electron chi connectivity index (χ4n) is 3.13. The number of para-hydroxylation sites is 2. The second-order valence-corrected chi connectivity index (χ2v) is 6.65. The number of methoxy groups -OCH3 is 1. The standard InChI is InChI=1S/C24H20N4O3/c1-31-21-15-9-8-14-19(21)22-20(16-28(27-22)18-12-6-3-7-13-18)24(30)26-25-23(29)17-10-4-2-5-11-17/h2-16H,1H3,(H,25,29)(H,26,30). The Morgan fingerprint density at radius 3 is 2.13 bits per heavy atom. The molecule has 7 heteroatoms. The largest absolute Gasteiger partial charge is 0.496 e. The molecule has 0 unspecified atom stereocenters. The zero-order chi connectivity index (χ0) is 21.6. The van der Waals surface area contributed by atoms with Crippen molar-refractivity contribution >= 4 is 11.8 Å². The van der Waals surface area contributed by atoms with E-state index in [-0.39, 0.29) is 0 Å². The molecular weight excluding hydrogens is 392 g/mol. The minimum absolute atomic E-state index is 0.293. The number of rotatable bonds is 5. The zero-order valence-corrected chi connectivity index (χ0v) is 16.8. The highest BCUT2D eigenvalue weighted by Gasteiger charge is 2.21. The second kappa shape index (κ2) is 8.96. The van der Waals surface area contributed by atoms with Crippen molar-refractivity contribution in [2.45, 2.75) is 0 Å². The van der Waals surface area contributed by atoms with Gasteiger partial charge in [0.15, 0.2) is 0 Å². The number of amides is 2. The van der Waals surface area contributed by atoms with Gasteiger partial charge in [0, 0.05) is 17.3 Å². The predicted octanol–water partition coefficient (Wildman–Crippen LogP) is 3.62. The molecule has 31 heavy (non-hydrogen) atoms. The third kappa shape index (κ3) is 4.30. The van der Waals surface area contributed by atoms with Gasteiger partial charge >= 0.3 is 0 Å². The van der Waals surface area contributed by atoms with Gasteiger partial charge in [-0.1, -0.05) is 48.5 Å². The molecule has 0 atom stereocenters. The highest BCUT2D eigenvalue weighted by atomic mass is 16.5. The molecule has 4 rings (SSSR count). The van der Waals surface area contributed by atoms with Crippen LogP contribution in [0.4, 0.5) is 0 Å². The van der Waals surface area contributed by atoms with Crippen LogP contribution in [0.25, 0.3) is 16.9 Å². The van der Waals surface area contributed by atoms with Crippen LogP contribution in [0.2, 0.25) is 0 Å². The van der Waals surface area contributed by atoms with Crippen molar-refractivity contribution < 1.29 is 14.3 Å². The summed E-state index contributed by atoms with van der Waals surface area (Å²) < 4.78 is 7.08. The third-order valence-corrected chi connectivity index (χ3v) is 4.67. The van der Waals surface area contributed by atoms with Gasteiger partial charge in [-0.15, -0.1) is 0 Å². The molecule has 1 heterocycles. The molecule has 4 aromatic rings. The van der Waals surface area contributed by atoms with E-state index in [0.717, 1.165) is 5.69 Å². The predicted molar refractivity (Wildman–Crippen MR) is 117 cm³/mol. The number of nitrogens with one attached hydrogen (secondary N) is 2. The average Bonchev–Trinajstić information content (AvgIpc) is 3.29. The summed E-state index contributed by atoms with van der Waals surface area (Å²) in [4.78, 5) is 25.3.